The molecule has 1 fully saturated rings. The van der Waals surface area contributed by atoms with Crippen LogP contribution in [0.1, 0.15) is 46.5 Å². The number of aryl methyl sites for hydroxylation is 1. The minimum Gasteiger partial charge on any atom is -0.465 e. The number of nitrogens with one attached hydrogen (secondary N) is 1. The highest BCUT2D eigenvalue weighted by Gasteiger charge is 2.29. The van der Waals surface area contributed by atoms with Crippen LogP contribution in [0.25, 0.3) is 0 Å². The number of methoxy groups -OCH3 is 1. The van der Waals surface area contributed by atoms with E-state index in [2.05, 4.69) is 5.32 Å². The van der Waals surface area contributed by atoms with Gasteiger partial charge in [-0.1, -0.05) is 6.42 Å². The van der Waals surface area contributed by atoms with Crippen molar-refractivity contribution in [2.45, 2.75) is 38.5 Å². The normalized spacial score (nSPS) is 21.0. The zero-order valence-electron chi connectivity index (χ0n) is 12.8. The highest BCUT2D eigenvalue weighted by Crippen LogP contribution is 2.38. The number of carbonyl (C=O) groups excluding carboxylic acids is 2. The molecular weight excluding hydrogens is 302 g/mol. The summed E-state index contributed by atoms with van der Waals surface area (Å²) in [6.07, 6.45) is 6.01. The van der Waals surface area contributed by atoms with Crippen molar-refractivity contribution in [3.63, 3.8) is 0 Å². The highest BCUT2D eigenvalue weighted by molar-refractivity contribution is 7.17. The van der Waals surface area contributed by atoms with Crippen molar-refractivity contribution < 1.29 is 19.1 Å². The van der Waals surface area contributed by atoms with E-state index in [9.17, 15) is 9.59 Å². The quantitative estimate of drug-likeness (QED) is 0.686. The molecule has 2 heterocycles. The SMILES string of the molecule is COC(=O)c1c(NC(=O)C2CCOC2)sc2c1CCCCC2. The number of fused-ring (bicyclic) bond motifs is 1. The average molecular weight is 323 g/mol. The van der Waals surface area contributed by atoms with Gasteiger partial charge >= 0.3 is 5.97 Å². The van der Waals surface area contributed by atoms with Gasteiger partial charge in [-0.25, -0.2) is 4.79 Å². The Kier molecular flexibility index (Phi) is 4.78. The van der Waals surface area contributed by atoms with Gasteiger partial charge < -0.3 is 14.8 Å². The summed E-state index contributed by atoms with van der Waals surface area (Å²) in [6.45, 7) is 1.09. The Balaban J connectivity index is 1.89. The molecule has 1 aromatic heterocycles. The van der Waals surface area contributed by atoms with Crippen molar-refractivity contribution in [1.82, 2.24) is 0 Å². The van der Waals surface area contributed by atoms with E-state index < -0.39 is 0 Å². The molecule has 3 rings (SSSR count). The summed E-state index contributed by atoms with van der Waals surface area (Å²) in [6, 6.07) is 0. The van der Waals surface area contributed by atoms with Crippen molar-refractivity contribution in [3.8, 4) is 0 Å². The second-order valence-corrected chi connectivity index (χ2v) is 6.92. The zero-order valence-corrected chi connectivity index (χ0v) is 13.6. The van der Waals surface area contributed by atoms with E-state index in [4.69, 9.17) is 9.47 Å². The molecule has 0 radical (unpaired) electrons. The fraction of sp³-hybridized carbons (Fsp3) is 0.625. The Hall–Kier alpha value is -1.40. The number of hydrogen-bond acceptors (Lipinski definition) is 5. The van der Waals surface area contributed by atoms with Crippen molar-refractivity contribution >= 4 is 28.2 Å². The van der Waals surface area contributed by atoms with E-state index >= 15 is 0 Å². The first-order valence-electron chi connectivity index (χ1n) is 7.82. The summed E-state index contributed by atoms with van der Waals surface area (Å²) in [4.78, 5) is 25.7. The summed E-state index contributed by atoms with van der Waals surface area (Å²) in [7, 11) is 1.39. The molecule has 2 aliphatic rings. The molecule has 0 bridgehead atoms. The lowest BCUT2D eigenvalue weighted by Crippen LogP contribution is -2.23. The van der Waals surface area contributed by atoms with Crippen molar-refractivity contribution in [2.24, 2.45) is 5.92 Å². The van der Waals surface area contributed by atoms with Crippen molar-refractivity contribution in [2.75, 3.05) is 25.6 Å². The van der Waals surface area contributed by atoms with Crippen LogP contribution < -0.4 is 5.32 Å². The number of ether oxygens (including phenoxy) is 2. The fourth-order valence-electron chi connectivity index (χ4n) is 3.10. The number of anilines is 1. The third kappa shape index (κ3) is 3.03. The van der Waals surface area contributed by atoms with Crippen LogP contribution in [0.4, 0.5) is 5.00 Å². The van der Waals surface area contributed by atoms with Crippen LogP contribution in [0.5, 0.6) is 0 Å². The van der Waals surface area contributed by atoms with Gasteiger partial charge in [0.05, 0.1) is 25.2 Å². The van der Waals surface area contributed by atoms with Crippen molar-refractivity contribution in [3.05, 3.63) is 16.0 Å². The van der Waals surface area contributed by atoms with Gasteiger partial charge in [0.2, 0.25) is 5.91 Å². The molecule has 5 nitrogen and oxygen atoms in total. The molecule has 0 saturated carbocycles. The third-order valence-corrected chi connectivity index (χ3v) is 5.56. The maximum Gasteiger partial charge on any atom is 0.341 e. The molecule has 0 spiro atoms. The molecule has 6 heteroatoms. The monoisotopic (exact) mass is 323 g/mol. The van der Waals surface area contributed by atoms with Crippen LogP contribution in [0.2, 0.25) is 0 Å². The standard InChI is InChI=1S/C16H21NO4S/c1-20-16(19)13-11-5-3-2-4-6-12(11)22-15(13)17-14(18)10-7-8-21-9-10/h10H,2-9H2,1H3,(H,17,18). The Bertz CT molecular complexity index is 575. The predicted octanol–water partition coefficient (Wildman–Crippen LogP) is 2.78. The molecule has 1 unspecified atom stereocenters. The summed E-state index contributed by atoms with van der Waals surface area (Å²) in [5, 5.41) is 3.59. The van der Waals surface area contributed by atoms with Crippen molar-refractivity contribution in [1.29, 1.82) is 0 Å². The molecule has 120 valence electrons. The zero-order chi connectivity index (χ0) is 15.5. The van der Waals surface area contributed by atoms with E-state index in [-0.39, 0.29) is 17.8 Å². The first-order chi connectivity index (χ1) is 10.7. The Morgan fingerprint density at radius 2 is 2.09 bits per heavy atom. The number of rotatable bonds is 3. The van der Waals surface area contributed by atoms with Gasteiger partial charge in [0.15, 0.2) is 0 Å². The van der Waals surface area contributed by atoms with Gasteiger partial charge in [-0.2, -0.15) is 0 Å². The molecule has 22 heavy (non-hydrogen) atoms. The molecular formula is C16H21NO4S. The Morgan fingerprint density at radius 1 is 1.27 bits per heavy atom. The van der Waals surface area contributed by atoms with Crippen LogP contribution in [0.15, 0.2) is 0 Å². The molecule has 1 aliphatic heterocycles. The summed E-state index contributed by atoms with van der Waals surface area (Å²) in [5.74, 6) is -0.524. The number of amides is 1. The number of thiophene rings is 1. The first-order valence-corrected chi connectivity index (χ1v) is 8.63. The molecule has 1 amide bonds. The lowest BCUT2D eigenvalue weighted by atomic mass is 10.0. The smallest absolute Gasteiger partial charge is 0.341 e. The first kappa shape index (κ1) is 15.5. The van der Waals surface area contributed by atoms with E-state index in [1.807, 2.05) is 0 Å². The Morgan fingerprint density at radius 3 is 2.82 bits per heavy atom. The van der Waals surface area contributed by atoms with Gasteiger partial charge in [0, 0.05) is 11.5 Å². The van der Waals surface area contributed by atoms with E-state index in [0.717, 1.165) is 37.7 Å². The maximum atomic E-state index is 12.3. The van der Waals surface area contributed by atoms with Gasteiger partial charge in [-0.3, -0.25) is 4.79 Å². The van der Waals surface area contributed by atoms with Gasteiger partial charge in [0.1, 0.15) is 5.00 Å². The molecule has 1 aliphatic carbocycles. The van der Waals surface area contributed by atoms with Crippen LogP contribution in [-0.4, -0.2) is 32.2 Å². The summed E-state index contributed by atoms with van der Waals surface area (Å²) < 4.78 is 10.2. The number of carbonyl (C=O) groups is 2. The largest absolute Gasteiger partial charge is 0.465 e. The second kappa shape index (κ2) is 6.79. The lowest BCUT2D eigenvalue weighted by molar-refractivity contribution is -0.119. The second-order valence-electron chi connectivity index (χ2n) is 5.81. The van der Waals surface area contributed by atoms with Crippen LogP contribution >= 0.6 is 11.3 Å². The molecule has 1 N–H and O–H groups in total. The minimum atomic E-state index is -0.350. The van der Waals surface area contributed by atoms with Gasteiger partial charge in [-0.15, -0.1) is 11.3 Å². The maximum absolute atomic E-state index is 12.3. The van der Waals surface area contributed by atoms with Gasteiger partial charge in [-0.05, 0) is 37.7 Å². The number of esters is 1. The third-order valence-electron chi connectivity index (χ3n) is 4.35. The van der Waals surface area contributed by atoms with Gasteiger partial charge in [0.25, 0.3) is 0 Å². The fourth-order valence-corrected chi connectivity index (χ4v) is 4.38. The molecule has 1 saturated heterocycles. The molecule has 1 aromatic rings. The summed E-state index contributed by atoms with van der Waals surface area (Å²) in [5.41, 5.74) is 1.64. The average Bonchev–Trinajstić information content (AvgIpc) is 3.10. The van der Waals surface area contributed by atoms with E-state index in [1.54, 1.807) is 0 Å². The predicted molar refractivity (Wildman–Crippen MR) is 84.5 cm³/mol. The number of hydrogen-bond donors (Lipinski definition) is 1. The van der Waals surface area contributed by atoms with E-state index in [1.165, 1.54) is 29.7 Å². The van der Waals surface area contributed by atoms with Crippen LogP contribution in [0.3, 0.4) is 0 Å². The Labute approximate surface area is 134 Å². The van der Waals surface area contributed by atoms with Crippen LogP contribution in [-0.2, 0) is 27.1 Å². The topological polar surface area (TPSA) is 64.6 Å². The lowest BCUT2D eigenvalue weighted by Gasteiger charge is -2.10. The van der Waals surface area contributed by atoms with Crippen LogP contribution in [0, 0.1) is 5.92 Å². The minimum absolute atomic E-state index is 0.0564. The molecule has 0 aromatic carbocycles. The highest BCUT2D eigenvalue weighted by atomic mass is 32.1. The summed E-state index contributed by atoms with van der Waals surface area (Å²) >= 11 is 1.53. The van der Waals surface area contributed by atoms with E-state index in [0.29, 0.717) is 23.8 Å². The molecule has 1 atom stereocenters.